The third-order valence-electron chi connectivity index (χ3n) is 3.97. The summed E-state index contributed by atoms with van der Waals surface area (Å²) in [6, 6.07) is 0.443. The molecule has 0 radical (unpaired) electrons. The minimum Gasteiger partial charge on any atom is -0.385 e. The number of unbranched alkanes of at least 4 members (excludes halogenated alkanes) is 2. The van der Waals surface area contributed by atoms with E-state index >= 15 is 0 Å². The molecule has 0 aromatic rings. The third kappa shape index (κ3) is 5.37. The lowest BCUT2D eigenvalue weighted by atomic mass is 9.96. The van der Waals surface area contributed by atoms with Gasteiger partial charge in [0.2, 0.25) is 0 Å². The summed E-state index contributed by atoms with van der Waals surface area (Å²) in [6.07, 6.45) is 7.89. The summed E-state index contributed by atoms with van der Waals surface area (Å²) < 4.78 is 10.9. The Morgan fingerprint density at radius 1 is 1.30 bits per heavy atom. The number of hydrogen-bond donors (Lipinski definition) is 2. The highest BCUT2D eigenvalue weighted by Gasteiger charge is 2.40. The monoisotopic (exact) mass is 397 g/mol. The molecule has 2 saturated heterocycles. The quantitative estimate of drug-likeness (QED) is 0.298. The van der Waals surface area contributed by atoms with Crippen LogP contribution in [0.3, 0.4) is 0 Å². The summed E-state index contributed by atoms with van der Waals surface area (Å²) in [5.74, 6) is 0.910. The average Bonchev–Trinajstić information content (AvgIpc) is 3.03. The Kier molecular flexibility index (Phi) is 8.79. The van der Waals surface area contributed by atoms with E-state index in [1.54, 1.807) is 7.11 Å². The van der Waals surface area contributed by atoms with Crippen LogP contribution in [0.15, 0.2) is 4.99 Å². The molecule has 2 aliphatic rings. The van der Waals surface area contributed by atoms with Crippen molar-refractivity contribution in [3.63, 3.8) is 0 Å². The average molecular weight is 397 g/mol. The van der Waals surface area contributed by atoms with E-state index in [0.717, 1.165) is 38.4 Å². The van der Waals surface area contributed by atoms with E-state index in [-0.39, 0.29) is 24.0 Å². The fourth-order valence-corrected chi connectivity index (χ4v) is 2.91. The Morgan fingerprint density at radius 2 is 2.15 bits per heavy atom. The van der Waals surface area contributed by atoms with E-state index in [9.17, 15) is 0 Å². The van der Waals surface area contributed by atoms with Crippen LogP contribution in [0.5, 0.6) is 0 Å². The number of hydrogen-bond acceptors (Lipinski definition) is 3. The molecule has 20 heavy (non-hydrogen) atoms. The second kappa shape index (κ2) is 9.78. The minimum absolute atomic E-state index is 0. The molecule has 0 aromatic heterocycles. The van der Waals surface area contributed by atoms with E-state index in [1.165, 1.54) is 19.3 Å². The van der Waals surface area contributed by atoms with Crippen molar-refractivity contribution >= 4 is 29.9 Å². The smallest absolute Gasteiger partial charge is 0.191 e. The molecule has 0 saturated carbocycles. The van der Waals surface area contributed by atoms with Gasteiger partial charge in [-0.2, -0.15) is 0 Å². The molecule has 2 aliphatic heterocycles. The molecular formula is C14H28IN3O2. The molecule has 3 atom stereocenters. The van der Waals surface area contributed by atoms with E-state index in [1.807, 2.05) is 7.05 Å². The molecule has 118 valence electrons. The zero-order chi connectivity index (χ0) is 13.5. The number of rotatable bonds is 7. The summed E-state index contributed by atoms with van der Waals surface area (Å²) >= 11 is 0. The van der Waals surface area contributed by atoms with Crippen molar-refractivity contribution in [2.24, 2.45) is 4.99 Å². The predicted molar refractivity (Wildman–Crippen MR) is 91.9 cm³/mol. The SMILES string of the molecule is CN=C(NCCCCCOC)NC1CC2CCC1O2.I. The second-order valence-corrected chi connectivity index (χ2v) is 5.41. The molecule has 2 heterocycles. The van der Waals surface area contributed by atoms with Crippen molar-refractivity contribution in [2.75, 3.05) is 27.3 Å². The third-order valence-corrected chi connectivity index (χ3v) is 3.97. The van der Waals surface area contributed by atoms with Crippen LogP contribution in [0.1, 0.15) is 38.5 Å². The summed E-state index contributed by atoms with van der Waals surface area (Å²) in [5.41, 5.74) is 0. The number of guanidine groups is 1. The minimum atomic E-state index is 0. The van der Waals surface area contributed by atoms with Crippen LogP contribution < -0.4 is 10.6 Å². The molecule has 2 N–H and O–H groups in total. The molecule has 3 unspecified atom stereocenters. The molecule has 2 rings (SSSR count). The van der Waals surface area contributed by atoms with Crippen molar-refractivity contribution in [1.82, 2.24) is 10.6 Å². The van der Waals surface area contributed by atoms with Gasteiger partial charge in [0.05, 0.1) is 18.2 Å². The first-order valence-corrected chi connectivity index (χ1v) is 7.45. The number of halogens is 1. The molecule has 5 nitrogen and oxygen atoms in total. The van der Waals surface area contributed by atoms with Crippen LogP contribution in [-0.4, -0.2) is 51.5 Å². The zero-order valence-corrected chi connectivity index (χ0v) is 14.9. The molecule has 0 aromatic carbocycles. The van der Waals surface area contributed by atoms with Crippen molar-refractivity contribution in [3.05, 3.63) is 0 Å². The Labute approximate surface area is 139 Å². The standard InChI is InChI=1S/C14H27N3O2.HI/c1-15-14(16-8-4-3-5-9-18-2)17-12-10-11-6-7-13(12)19-11;/h11-13H,3-10H2,1-2H3,(H2,15,16,17);1H. The van der Waals surface area contributed by atoms with E-state index in [0.29, 0.717) is 18.2 Å². The molecule has 0 amide bonds. The number of nitrogens with zero attached hydrogens (tertiary/aromatic N) is 1. The molecular weight excluding hydrogens is 369 g/mol. The van der Waals surface area contributed by atoms with Crippen molar-refractivity contribution in [1.29, 1.82) is 0 Å². The van der Waals surface area contributed by atoms with Crippen LogP contribution in [0.2, 0.25) is 0 Å². The number of aliphatic imine (C=N–C) groups is 1. The van der Waals surface area contributed by atoms with Gasteiger partial charge in [-0.25, -0.2) is 0 Å². The largest absolute Gasteiger partial charge is 0.385 e. The van der Waals surface area contributed by atoms with Gasteiger partial charge in [0, 0.05) is 27.3 Å². The van der Waals surface area contributed by atoms with Gasteiger partial charge in [0.25, 0.3) is 0 Å². The van der Waals surface area contributed by atoms with Crippen LogP contribution in [0.4, 0.5) is 0 Å². The summed E-state index contributed by atoms with van der Waals surface area (Å²) in [5, 5.41) is 6.86. The first kappa shape index (κ1) is 18.0. The first-order chi connectivity index (χ1) is 9.33. The molecule has 2 fully saturated rings. The predicted octanol–water partition coefficient (Wildman–Crippen LogP) is 1.91. The van der Waals surface area contributed by atoms with Gasteiger partial charge in [-0.05, 0) is 38.5 Å². The molecule has 0 aliphatic carbocycles. The van der Waals surface area contributed by atoms with Gasteiger partial charge in [-0.15, -0.1) is 24.0 Å². The van der Waals surface area contributed by atoms with Crippen LogP contribution in [0, 0.1) is 0 Å². The van der Waals surface area contributed by atoms with Gasteiger partial charge < -0.3 is 20.1 Å². The van der Waals surface area contributed by atoms with Gasteiger partial charge >= 0.3 is 0 Å². The topological polar surface area (TPSA) is 54.9 Å². The highest BCUT2D eigenvalue weighted by Crippen LogP contribution is 2.34. The normalized spacial score (nSPS) is 28.3. The Bertz CT molecular complexity index is 302. The van der Waals surface area contributed by atoms with E-state index in [2.05, 4.69) is 15.6 Å². The van der Waals surface area contributed by atoms with Gasteiger partial charge in [-0.3, -0.25) is 4.99 Å². The van der Waals surface area contributed by atoms with E-state index < -0.39 is 0 Å². The fourth-order valence-electron chi connectivity index (χ4n) is 2.91. The number of nitrogens with one attached hydrogen (secondary N) is 2. The lowest BCUT2D eigenvalue weighted by Crippen LogP contribution is -2.47. The van der Waals surface area contributed by atoms with E-state index in [4.69, 9.17) is 9.47 Å². The summed E-state index contributed by atoms with van der Waals surface area (Å²) in [6.45, 7) is 1.82. The second-order valence-electron chi connectivity index (χ2n) is 5.41. The lowest BCUT2D eigenvalue weighted by molar-refractivity contribution is 0.0992. The number of fused-ring (bicyclic) bond motifs is 2. The maximum absolute atomic E-state index is 5.84. The molecule has 2 bridgehead atoms. The van der Waals surface area contributed by atoms with Crippen LogP contribution in [0.25, 0.3) is 0 Å². The zero-order valence-electron chi connectivity index (χ0n) is 12.6. The first-order valence-electron chi connectivity index (χ1n) is 7.45. The van der Waals surface area contributed by atoms with Crippen LogP contribution in [-0.2, 0) is 9.47 Å². The van der Waals surface area contributed by atoms with Crippen molar-refractivity contribution in [3.8, 4) is 0 Å². The Morgan fingerprint density at radius 3 is 2.75 bits per heavy atom. The number of ether oxygens (including phenoxy) is 2. The fraction of sp³-hybridized carbons (Fsp3) is 0.929. The Hall–Kier alpha value is -0.0800. The number of methoxy groups -OCH3 is 1. The van der Waals surface area contributed by atoms with Gasteiger partial charge in [0.1, 0.15) is 0 Å². The maximum atomic E-state index is 5.84. The highest BCUT2D eigenvalue weighted by molar-refractivity contribution is 14.0. The summed E-state index contributed by atoms with van der Waals surface area (Å²) in [7, 11) is 3.58. The summed E-state index contributed by atoms with van der Waals surface area (Å²) in [4.78, 5) is 4.28. The Balaban J connectivity index is 0.00000200. The van der Waals surface area contributed by atoms with Crippen molar-refractivity contribution in [2.45, 2.75) is 56.8 Å². The molecule has 0 spiro atoms. The molecule has 6 heteroatoms. The highest BCUT2D eigenvalue weighted by atomic mass is 127. The van der Waals surface area contributed by atoms with Crippen molar-refractivity contribution < 1.29 is 9.47 Å². The maximum Gasteiger partial charge on any atom is 0.191 e. The van der Waals surface area contributed by atoms with Gasteiger partial charge in [0.15, 0.2) is 5.96 Å². The van der Waals surface area contributed by atoms with Gasteiger partial charge in [-0.1, -0.05) is 0 Å². The van der Waals surface area contributed by atoms with Crippen LogP contribution >= 0.6 is 24.0 Å². The lowest BCUT2D eigenvalue weighted by Gasteiger charge is -2.22.